The Hall–Kier alpha value is -0.120. The number of aliphatic hydroxyl groups is 1. The van der Waals surface area contributed by atoms with Crippen LogP contribution in [0, 0.1) is 0 Å². The van der Waals surface area contributed by atoms with Gasteiger partial charge in [0, 0.05) is 13.1 Å². The van der Waals surface area contributed by atoms with Crippen molar-refractivity contribution in [2.24, 2.45) is 0 Å². The van der Waals surface area contributed by atoms with Gasteiger partial charge in [-0.05, 0) is 6.42 Å². The predicted molar refractivity (Wildman–Crippen MR) is 47.9 cm³/mol. The van der Waals surface area contributed by atoms with Crippen LogP contribution < -0.4 is 0 Å². The summed E-state index contributed by atoms with van der Waals surface area (Å²) in [7, 11) is 0. The molecule has 0 aromatic rings. The molecule has 3 nitrogen and oxygen atoms in total. The average Bonchev–Trinajstić information content (AvgIpc) is 2.53. The Morgan fingerprint density at radius 3 is 3.00 bits per heavy atom. The molecule has 1 saturated heterocycles. The summed E-state index contributed by atoms with van der Waals surface area (Å²) in [6.07, 6.45) is 3.04. The van der Waals surface area contributed by atoms with Gasteiger partial charge in [-0.1, -0.05) is 19.8 Å². The van der Waals surface area contributed by atoms with Gasteiger partial charge in [0.15, 0.2) is 0 Å². The smallest absolute Gasteiger partial charge is 0.0992 e. The number of nitrogens with zero attached hydrogens (tertiary/aromatic N) is 1. The fourth-order valence-corrected chi connectivity index (χ4v) is 1.42. The first-order chi connectivity index (χ1) is 5.83. The average molecular weight is 173 g/mol. The zero-order valence-electron chi connectivity index (χ0n) is 7.83. The van der Waals surface area contributed by atoms with Crippen LogP contribution in [0.3, 0.4) is 0 Å². The molecule has 0 aromatic heterocycles. The second-order valence-electron chi connectivity index (χ2n) is 3.41. The number of ether oxygens (including phenoxy) is 1. The van der Waals surface area contributed by atoms with Crippen LogP contribution >= 0.6 is 0 Å². The quantitative estimate of drug-likeness (QED) is 0.668. The highest BCUT2D eigenvalue weighted by Crippen LogP contribution is 2.05. The zero-order chi connectivity index (χ0) is 8.81. The normalized spacial score (nSPS) is 21.5. The molecule has 0 radical (unpaired) electrons. The molecule has 0 bridgehead atoms. The minimum Gasteiger partial charge on any atom is -0.392 e. The van der Waals surface area contributed by atoms with Gasteiger partial charge in [0.1, 0.15) is 0 Å². The first-order valence-electron chi connectivity index (χ1n) is 4.81. The maximum atomic E-state index is 9.54. The molecule has 1 heterocycles. The molecule has 1 rings (SSSR count). The van der Waals surface area contributed by atoms with Crippen molar-refractivity contribution >= 4 is 0 Å². The van der Waals surface area contributed by atoms with E-state index < -0.39 is 0 Å². The lowest BCUT2D eigenvalue weighted by Crippen LogP contribution is -2.30. The molecule has 0 spiro atoms. The van der Waals surface area contributed by atoms with Crippen LogP contribution in [-0.2, 0) is 4.74 Å². The SMILES string of the molecule is CCCCC(O)CN1CCOC1. The molecule has 1 unspecified atom stereocenters. The predicted octanol–water partition coefficient (Wildman–Crippen LogP) is 0.827. The van der Waals surface area contributed by atoms with Crippen molar-refractivity contribution in [1.29, 1.82) is 0 Å². The lowest BCUT2D eigenvalue weighted by Gasteiger charge is -2.17. The van der Waals surface area contributed by atoms with Gasteiger partial charge in [0.05, 0.1) is 19.4 Å². The fourth-order valence-electron chi connectivity index (χ4n) is 1.42. The summed E-state index contributed by atoms with van der Waals surface area (Å²) in [4.78, 5) is 2.15. The van der Waals surface area contributed by atoms with Crippen molar-refractivity contribution < 1.29 is 9.84 Å². The number of hydrogen-bond acceptors (Lipinski definition) is 3. The molecule has 1 atom stereocenters. The third-order valence-corrected chi connectivity index (χ3v) is 2.19. The molecule has 0 saturated carbocycles. The Balaban J connectivity index is 2.03. The van der Waals surface area contributed by atoms with E-state index in [1.165, 1.54) is 0 Å². The van der Waals surface area contributed by atoms with Gasteiger partial charge >= 0.3 is 0 Å². The van der Waals surface area contributed by atoms with Crippen molar-refractivity contribution in [3.8, 4) is 0 Å². The van der Waals surface area contributed by atoms with E-state index in [2.05, 4.69) is 11.8 Å². The molecule has 1 fully saturated rings. The first-order valence-corrected chi connectivity index (χ1v) is 4.81. The Morgan fingerprint density at radius 2 is 2.42 bits per heavy atom. The molecule has 1 N–H and O–H groups in total. The number of β-amino-alcohol motifs (C(OH)–C–C–N with tert-alkyl or cyclic N) is 1. The lowest BCUT2D eigenvalue weighted by molar-refractivity contribution is 0.0814. The third-order valence-electron chi connectivity index (χ3n) is 2.19. The summed E-state index contributed by atoms with van der Waals surface area (Å²) >= 11 is 0. The second kappa shape index (κ2) is 5.51. The minimum absolute atomic E-state index is 0.161. The highest BCUT2D eigenvalue weighted by Gasteiger charge is 2.15. The Labute approximate surface area is 74.3 Å². The fraction of sp³-hybridized carbons (Fsp3) is 1.00. The van der Waals surface area contributed by atoms with Crippen molar-refractivity contribution in [2.75, 3.05) is 26.4 Å². The standard InChI is InChI=1S/C9H19NO2/c1-2-3-4-9(11)7-10-5-6-12-8-10/h9,11H,2-8H2,1H3. The molecule has 1 aliphatic rings. The van der Waals surface area contributed by atoms with E-state index in [0.29, 0.717) is 6.73 Å². The van der Waals surface area contributed by atoms with Crippen LogP contribution in [0.15, 0.2) is 0 Å². The molecule has 0 amide bonds. The summed E-state index contributed by atoms with van der Waals surface area (Å²) in [6, 6.07) is 0. The van der Waals surface area contributed by atoms with E-state index in [1.54, 1.807) is 0 Å². The van der Waals surface area contributed by atoms with E-state index in [0.717, 1.165) is 39.0 Å². The second-order valence-corrected chi connectivity index (χ2v) is 3.41. The summed E-state index contributed by atoms with van der Waals surface area (Å²) < 4.78 is 5.18. The summed E-state index contributed by atoms with van der Waals surface area (Å²) in [5.74, 6) is 0. The van der Waals surface area contributed by atoms with Crippen molar-refractivity contribution in [3.05, 3.63) is 0 Å². The van der Waals surface area contributed by atoms with Crippen LogP contribution in [0.5, 0.6) is 0 Å². The van der Waals surface area contributed by atoms with E-state index in [1.807, 2.05) is 0 Å². The topological polar surface area (TPSA) is 32.7 Å². The number of aliphatic hydroxyl groups excluding tert-OH is 1. The maximum Gasteiger partial charge on any atom is 0.0992 e. The van der Waals surface area contributed by atoms with Gasteiger partial charge in [-0.2, -0.15) is 0 Å². The zero-order valence-corrected chi connectivity index (χ0v) is 7.83. The monoisotopic (exact) mass is 173 g/mol. The Bertz CT molecular complexity index is 113. The number of hydrogen-bond donors (Lipinski definition) is 1. The molecule has 1 aliphatic heterocycles. The van der Waals surface area contributed by atoms with Gasteiger partial charge in [0.2, 0.25) is 0 Å². The highest BCUT2D eigenvalue weighted by molar-refractivity contribution is 4.65. The van der Waals surface area contributed by atoms with Crippen LogP contribution in [-0.4, -0.2) is 42.5 Å². The van der Waals surface area contributed by atoms with Gasteiger partial charge in [-0.15, -0.1) is 0 Å². The van der Waals surface area contributed by atoms with Crippen molar-refractivity contribution in [3.63, 3.8) is 0 Å². The molecule has 0 aromatic carbocycles. The molecular weight excluding hydrogens is 154 g/mol. The van der Waals surface area contributed by atoms with Crippen LogP contribution in [0.25, 0.3) is 0 Å². The van der Waals surface area contributed by atoms with E-state index in [9.17, 15) is 5.11 Å². The van der Waals surface area contributed by atoms with Crippen LogP contribution in [0.2, 0.25) is 0 Å². The minimum atomic E-state index is -0.161. The highest BCUT2D eigenvalue weighted by atomic mass is 16.5. The summed E-state index contributed by atoms with van der Waals surface area (Å²) in [5.41, 5.74) is 0. The Kier molecular flexibility index (Phi) is 4.58. The third kappa shape index (κ3) is 3.52. The van der Waals surface area contributed by atoms with Gasteiger partial charge < -0.3 is 9.84 Å². The molecule has 3 heteroatoms. The molecule has 0 aliphatic carbocycles. The largest absolute Gasteiger partial charge is 0.392 e. The summed E-state index contributed by atoms with van der Waals surface area (Å²) in [5, 5.41) is 9.54. The van der Waals surface area contributed by atoms with Crippen molar-refractivity contribution in [1.82, 2.24) is 4.90 Å². The van der Waals surface area contributed by atoms with Crippen LogP contribution in [0.4, 0.5) is 0 Å². The summed E-state index contributed by atoms with van der Waals surface area (Å²) in [6.45, 7) is 5.42. The maximum absolute atomic E-state index is 9.54. The van der Waals surface area contributed by atoms with E-state index >= 15 is 0 Å². The Morgan fingerprint density at radius 1 is 1.58 bits per heavy atom. The molecule has 72 valence electrons. The van der Waals surface area contributed by atoms with Crippen molar-refractivity contribution in [2.45, 2.75) is 32.3 Å². The van der Waals surface area contributed by atoms with E-state index in [-0.39, 0.29) is 6.10 Å². The number of rotatable bonds is 5. The van der Waals surface area contributed by atoms with Crippen LogP contribution in [0.1, 0.15) is 26.2 Å². The van der Waals surface area contributed by atoms with Gasteiger partial charge in [-0.3, -0.25) is 4.90 Å². The van der Waals surface area contributed by atoms with Gasteiger partial charge in [0.25, 0.3) is 0 Å². The molecule has 12 heavy (non-hydrogen) atoms. The van der Waals surface area contributed by atoms with E-state index in [4.69, 9.17) is 4.74 Å². The first kappa shape index (κ1) is 9.96. The van der Waals surface area contributed by atoms with Gasteiger partial charge in [-0.25, -0.2) is 0 Å². The lowest BCUT2D eigenvalue weighted by atomic mass is 10.1. The molecular formula is C9H19NO2. The number of unbranched alkanes of at least 4 members (excludes halogenated alkanes) is 1.